The van der Waals surface area contributed by atoms with Gasteiger partial charge in [0.15, 0.2) is 0 Å². The van der Waals surface area contributed by atoms with Gasteiger partial charge in [-0.2, -0.15) is 18.3 Å². The molecule has 0 bridgehead atoms. The third kappa shape index (κ3) is 5.61. The molecule has 1 unspecified atom stereocenters. The lowest BCUT2D eigenvalue weighted by molar-refractivity contribution is -0.137. The van der Waals surface area contributed by atoms with Gasteiger partial charge in [-0.15, -0.1) is 0 Å². The number of rotatable bonds is 5. The van der Waals surface area contributed by atoms with Crippen LogP contribution in [0.5, 0.6) is 0 Å². The van der Waals surface area contributed by atoms with Crippen molar-refractivity contribution in [2.75, 3.05) is 10.6 Å². The van der Waals surface area contributed by atoms with Crippen molar-refractivity contribution in [1.82, 2.24) is 15.1 Å². The molecule has 0 aliphatic carbocycles. The second-order valence-corrected chi connectivity index (χ2v) is 9.50. The summed E-state index contributed by atoms with van der Waals surface area (Å²) in [4.78, 5) is 38.9. The zero-order valence-corrected chi connectivity index (χ0v) is 21.5. The molecule has 3 aromatic carbocycles. The van der Waals surface area contributed by atoms with E-state index < -0.39 is 52.7 Å². The maximum absolute atomic E-state index is 14.1. The lowest BCUT2D eigenvalue weighted by Crippen LogP contribution is -2.21. The predicted octanol–water partition coefficient (Wildman–Crippen LogP) is 5.71. The van der Waals surface area contributed by atoms with Crippen molar-refractivity contribution in [3.05, 3.63) is 111 Å². The SMILES string of the molecule is Cn1cc(C(=O)Nc2cc(NC(=O)c3cc(F)cc(C(F)(F)F)c3)c3c(c2)C(=O)NC3c2cc(F)ccc2Cl)cn1. The van der Waals surface area contributed by atoms with Crippen molar-refractivity contribution in [2.24, 2.45) is 7.05 Å². The molecule has 1 aromatic heterocycles. The number of nitrogens with one attached hydrogen (secondary N) is 3. The molecule has 0 saturated heterocycles. The summed E-state index contributed by atoms with van der Waals surface area (Å²) in [5.74, 6) is -4.38. The van der Waals surface area contributed by atoms with E-state index in [1.54, 1.807) is 7.05 Å². The average Bonchev–Trinajstić information content (AvgIpc) is 3.48. The molecule has 5 rings (SSSR count). The van der Waals surface area contributed by atoms with Crippen LogP contribution < -0.4 is 16.0 Å². The molecule has 1 aliphatic heterocycles. The predicted molar refractivity (Wildman–Crippen MR) is 138 cm³/mol. The Morgan fingerprint density at radius 1 is 0.976 bits per heavy atom. The number of alkyl halides is 3. The van der Waals surface area contributed by atoms with Gasteiger partial charge in [-0.05, 0) is 48.5 Å². The summed E-state index contributed by atoms with van der Waals surface area (Å²) in [6, 6.07) is 6.26. The highest BCUT2D eigenvalue weighted by Gasteiger charge is 2.36. The Morgan fingerprint density at radius 2 is 1.71 bits per heavy atom. The summed E-state index contributed by atoms with van der Waals surface area (Å²) < 4.78 is 69.3. The van der Waals surface area contributed by atoms with E-state index in [0.717, 1.165) is 12.1 Å². The fourth-order valence-electron chi connectivity index (χ4n) is 4.40. The van der Waals surface area contributed by atoms with Gasteiger partial charge in [0.2, 0.25) is 0 Å². The number of benzene rings is 3. The van der Waals surface area contributed by atoms with Gasteiger partial charge in [0.1, 0.15) is 11.6 Å². The molecule has 8 nitrogen and oxygen atoms in total. The van der Waals surface area contributed by atoms with E-state index in [1.165, 1.54) is 35.3 Å². The van der Waals surface area contributed by atoms with Crippen LogP contribution in [0.1, 0.15) is 53.8 Å². The van der Waals surface area contributed by atoms with Crippen molar-refractivity contribution in [2.45, 2.75) is 12.2 Å². The number of hydrogen-bond acceptors (Lipinski definition) is 4. The highest BCUT2D eigenvalue weighted by atomic mass is 35.5. The molecular weight excluding hydrogens is 573 g/mol. The molecule has 4 aromatic rings. The minimum atomic E-state index is -4.93. The molecule has 0 fully saturated rings. The Labute approximate surface area is 233 Å². The first-order chi connectivity index (χ1) is 19.3. The summed E-state index contributed by atoms with van der Waals surface area (Å²) >= 11 is 6.27. The normalized spacial score (nSPS) is 14.4. The molecule has 210 valence electrons. The Kier molecular flexibility index (Phi) is 6.99. The zero-order chi connectivity index (χ0) is 29.6. The first kappa shape index (κ1) is 27.8. The summed E-state index contributed by atoms with van der Waals surface area (Å²) in [6.07, 6.45) is -2.20. The molecule has 3 N–H and O–H groups in total. The lowest BCUT2D eigenvalue weighted by Gasteiger charge is -2.19. The van der Waals surface area contributed by atoms with Crippen LogP contribution in [0, 0.1) is 11.6 Å². The monoisotopic (exact) mass is 589 g/mol. The average molecular weight is 590 g/mol. The number of anilines is 2. The molecule has 3 amide bonds. The van der Waals surface area contributed by atoms with Gasteiger partial charge in [0.25, 0.3) is 17.7 Å². The molecule has 41 heavy (non-hydrogen) atoms. The maximum atomic E-state index is 14.1. The van der Waals surface area contributed by atoms with E-state index in [0.29, 0.717) is 12.1 Å². The Hall–Kier alpha value is -4.78. The van der Waals surface area contributed by atoms with Crippen LogP contribution in [0.2, 0.25) is 5.02 Å². The molecule has 0 spiro atoms. The molecule has 1 atom stereocenters. The van der Waals surface area contributed by atoms with Crippen LogP contribution in [-0.2, 0) is 13.2 Å². The summed E-state index contributed by atoms with van der Waals surface area (Å²) in [5, 5.41) is 11.6. The lowest BCUT2D eigenvalue weighted by atomic mass is 9.95. The third-order valence-corrected chi connectivity index (χ3v) is 6.56. The highest BCUT2D eigenvalue weighted by molar-refractivity contribution is 6.31. The smallest absolute Gasteiger partial charge is 0.341 e. The number of aryl methyl sites for hydroxylation is 1. The van der Waals surface area contributed by atoms with Crippen LogP contribution in [0.3, 0.4) is 0 Å². The van der Waals surface area contributed by atoms with Gasteiger partial charge in [-0.1, -0.05) is 11.6 Å². The van der Waals surface area contributed by atoms with Gasteiger partial charge in [0, 0.05) is 51.9 Å². The highest BCUT2D eigenvalue weighted by Crippen LogP contribution is 2.41. The molecule has 1 aliphatic rings. The zero-order valence-electron chi connectivity index (χ0n) is 20.7. The van der Waals surface area contributed by atoms with E-state index in [9.17, 15) is 36.3 Å². The number of amides is 3. The molecule has 14 heteroatoms. The maximum Gasteiger partial charge on any atom is 0.416 e. The number of hydrogen-bond donors (Lipinski definition) is 3. The van der Waals surface area contributed by atoms with Gasteiger partial charge < -0.3 is 16.0 Å². The Morgan fingerprint density at radius 3 is 2.39 bits per heavy atom. The number of fused-ring (bicyclic) bond motifs is 1. The van der Waals surface area contributed by atoms with Crippen LogP contribution in [0.25, 0.3) is 0 Å². The minimum absolute atomic E-state index is 0.0317. The largest absolute Gasteiger partial charge is 0.416 e. The van der Waals surface area contributed by atoms with Crippen LogP contribution in [0.15, 0.2) is 60.9 Å². The third-order valence-electron chi connectivity index (χ3n) is 6.22. The van der Waals surface area contributed by atoms with Crippen LogP contribution in [-0.4, -0.2) is 27.5 Å². The molecule has 0 radical (unpaired) electrons. The van der Waals surface area contributed by atoms with Crippen molar-refractivity contribution in [3.63, 3.8) is 0 Å². The fourth-order valence-corrected chi connectivity index (χ4v) is 4.63. The van der Waals surface area contributed by atoms with E-state index in [-0.39, 0.29) is 44.7 Å². The van der Waals surface area contributed by atoms with Crippen LogP contribution >= 0.6 is 11.6 Å². The van der Waals surface area contributed by atoms with E-state index in [1.807, 2.05) is 0 Å². The summed E-state index contributed by atoms with van der Waals surface area (Å²) in [6.45, 7) is 0. The number of halogens is 6. The van der Waals surface area contributed by atoms with Crippen molar-refractivity contribution in [1.29, 1.82) is 0 Å². The van der Waals surface area contributed by atoms with Crippen molar-refractivity contribution < 1.29 is 36.3 Å². The summed E-state index contributed by atoms with van der Waals surface area (Å²) in [5.41, 5.74) is -1.77. The Bertz CT molecular complexity index is 1740. The number of carbonyl (C=O) groups excluding carboxylic acids is 3. The standard InChI is InChI=1S/C27H17ClF5N5O3/c1-38-11-13(10-34-38)25(40)35-17-8-19-22(23(37-26(19)41)18-7-15(29)2-3-20(18)28)21(9-17)36-24(39)12-4-14(27(31,32)33)6-16(30)5-12/h2-11,23H,1H3,(H,35,40)(H,36,39)(H,37,41). The van der Waals surface area contributed by atoms with Gasteiger partial charge in [-0.25, -0.2) is 8.78 Å². The fraction of sp³-hybridized carbons (Fsp3) is 0.111. The van der Waals surface area contributed by atoms with Crippen molar-refractivity contribution in [3.8, 4) is 0 Å². The van der Waals surface area contributed by atoms with E-state index in [2.05, 4.69) is 21.0 Å². The van der Waals surface area contributed by atoms with E-state index >= 15 is 0 Å². The van der Waals surface area contributed by atoms with Gasteiger partial charge >= 0.3 is 6.18 Å². The number of carbonyl (C=O) groups is 3. The first-order valence-electron chi connectivity index (χ1n) is 11.7. The topological polar surface area (TPSA) is 105 Å². The second-order valence-electron chi connectivity index (χ2n) is 9.09. The summed E-state index contributed by atoms with van der Waals surface area (Å²) in [7, 11) is 1.60. The second kappa shape index (κ2) is 10.3. The molecular formula is C27H17ClF5N5O3. The molecule has 0 saturated carbocycles. The van der Waals surface area contributed by atoms with E-state index in [4.69, 9.17) is 11.6 Å². The van der Waals surface area contributed by atoms with Crippen molar-refractivity contribution >= 4 is 40.7 Å². The molecule has 2 heterocycles. The minimum Gasteiger partial charge on any atom is -0.341 e. The van der Waals surface area contributed by atoms with Gasteiger partial charge in [-0.3, -0.25) is 19.1 Å². The number of aromatic nitrogens is 2. The Balaban J connectivity index is 1.60. The first-order valence-corrected chi connectivity index (χ1v) is 12.1. The quantitative estimate of drug-likeness (QED) is 0.259. The van der Waals surface area contributed by atoms with Gasteiger partial charge in [0.05, 0.1) is 23.4 Å². The van der Waals surface area contributed by atoms with Crippen LogP contribution in [0.4, 0.5) is 33.3 Å². The number of nitrogens with zero attached hydrogens (tertiary/aromatic N) is 2.